The number of rotatable bonds is 5. The van der Waals surface area contributed by atoms with Crippen molar-refractivity contribution in [1.29, 1.82) is 0 Å². The number of aliphatic carboxylic acids is 1. The molecule has 3 rings (SSSR count). The van der Waals surface area contributed by atoms with E-state index in [4.69, 9.17) is 4.18 Å². The Labute approximate surface area is 156 Å². The average Bonchev–Trinajstić information content (AvgIpc) is 2.85. The van der Waals surface area contributed by atoms with Gasteiger partial charge in [0.25, 0.3) is 0 Å². The summed E-state index contributed by atoms with van der Waals surface area (Å²) in [5, 5.41) is 18.8. The Bertz CT molecular complexity index is 1000. The summed E-state index contributed by atoms with van der Waals surface area (Å²) < 4.78 is 68.9. The lowest BCUT2D eigenvalue weighted by molar-refractivity contribution is -0.207. The number of halogens is 3. The molecule has 0 aliphatic carbocycles. The molecule has 2 N–H and O–H groups in total. The predicted molar refractivity (Wildman–Crippen MR) is 85.0 cm³/mol. The van der Waals surface area contributed by atoms with Gasteiger partial charge in [-0.05, 0) is 18.6 Å². The maximum Gasteiger partial charge on any atom is 0.418 e. The lowest BCUT2D eigenvalue weighted by Gasteiger charge is -2.34. The van der Waals surface area contributed by atoms with Crippen LogP contribution >= 0.6 is 0 Å². The van der Waals surface area contributed by atoms with Crippen LogP contribution in [0.5, 0.6) is 0 Å². The third kappa shape index (κ3) is 3.33. The van der Waals surface area contributed by atoms with Gasteiger partial charge in [-0.3, -0.25) is 9.69 Å². The lowest BCUT2D eigenvalue weighted by Crippen LogP contribution is -2.49. The summed E-state index contributed by atoms with van der Waals surface area (Å²) in [6.45, 7) is 1.42. The molecule has 1 aromatic rings. The molecule has 2 unspecified atom stereocenters. The maximum atomic E-state index is 12.9. The molecule has 2 atom stereocenters. The fraction of sp³-hybridized carbons (Fsp3) is 0.375. The van der Waals surface area contributed by atoms with Gasteiger partial charge in [-0.25, -0.2) is 4.79 Å². The van der Waals surface area contributed by atoms with Crippen LogP contribution in [0.15, 0.2) is 34.6 Å². The Morgan fingerprint density at radius 2 is 1.96 bits per heavy atom. The number of nitrogens with zero attached hydrogens (tertiary/aromatic N) is 1. The Hall–Kier alpha value is -2.60. The normalized spacial score (nSPS) is 20.7. The third-order valence-corrected chi connectivity index (χ3v) is 5.74. The van der Waals surface area contributed by atoms with Crippen LogP contribution in [0.1, 0.15) is 30.1 Å². The van der Waals surface area contributed by atoms with Gasteiger partial charge < -0.3 is 14.4 Å². The van der Waals surface area contributed by atoms with E-state index in [0.717, 1.165) is 17.0 Å². The van der Waals surface area contributed by atoms with Crippen molar-refractivity contribution < 1.29 is 45.6 Å². The van der Waals surface area contributed by atoms with Crippen molar-refractivity contribution >= 4 is 22.0 Å². The molecule has 8 nitrogen and oxygen atoms in total. The second kappa shape index (κ2) is 6.48. The first-order valence-electron chi connectivity index (χ1n) is 7.91. The van der Waals surface area contributed by atoms with Crippen LogP contribution in [0.3, 0.4) is 0 Å². The predicted octanol–water partition coefficient (Wildman–Crippen LogP) is 1.60. The van der Waals surface area contributed by atoms with Gasteiger partial charge in [0.15, 0.2) is 17.6 Å². The van der Waals surface area contributed by atoms with Gasteiger partial charge in [-0.2, -0.15) is 21.6 Å². The number of aliphatic hydroxyl groups excluding tert-OH is 1. The quantitative estimate of drug-likeness (QED) is 0.547. The summed E-state index contributed by atoms with van der Waals surface area (Å²) in [4.78, 5) is 22.9. The van der Waals surface area contributed by atoms with Crippen LogP contribution in [0.4, 0.5) is 13.2 Å². The van der Waals surface area contributed by atoms with Gasteiger partial charge in [0.2, 0.25) is 5.91 Å². The second-order valence-electron chi connectivity index (χ2n) is 6.43. The van der Waals surface area contributed by atoms with Gasteiger partial charge in [0.1, 0.15) is 4.90 Å². The van der Waals surface area contributed by atoms with Crippen molar-refractivity contribution in [3.8, 4) is 0 Å². The molecule has 0 radical (unpaired) electrons. The molecule has 2 heterocycles. The molecule has 152 valence electrons. The molecular formula is C16H14F3NO7S. The van der Waals surface area contributed by atoms with Gasteiger partial charge in [-0.1, -0.05) is 12.1 Å². The molecule has 0 aromatic heterocycles. The number of hydrogen-bond donors (Lipinski definition) is 2. The fourth-order valence-corrected chi connectivity index (χ4v) is 4.43. The molecule has 0 bridgehead atoms. The van der Waals surface area contributed by atoms with Crippen LogP contribution in [-0.4, -0.2) is 47.6 Å². The van der Waals surface area contributed by atoms with Gasteiger partial charge in [-0.15, -0.1) is 0 Å². The van der Waals surface area contributed by atoms with Crippen LogP contribution in [0.2, 0.25) is 0 Å². The second-order valence-corrected chi connectivity index (χ2v) is 7.94. The van der Waals surface area contributed by atoms with E-state index in [2.05, 4.69) is 0 Å². The number of carbonyl (C=O) groups is 2. The highest BCUT2D eigenvalue weighted by molar-refractivity contribution is 7.87. The summed E-state index contributed by atoms with van der Waals surface area (Å²) in [5.41, 5.74) is -1.33. The van der Waals surface area contributed by atoms with E-state index in [1.54, 1.807) is 0 Å². The number of aliphatic hydroxyl groups is 1. The molecule has 1 saturated heterocycles. The smallest absolute Gasteiger partial charge is 0.418 e. The van der Waals surface area contributed by atoms with E-state index in [-0.39, 0.29) is 18.4 Å². The lowest BCUT2D eigenvalue weighted by atomic mass is 10.0. The van der Waals surface area contributed by atoms with E-state index in [1.807, 2.05) is 0 Å². The van der Waals surface area contributed by atoms with E-state index >= 15 is 0 Å². The molecule has 12 heteroatoms. The van der Waals surface area contributed by atoms with Crippen molar-refractivity contribution in [3.63, 3.8) is 0 Å². The Kier molecular flexibility index (Phi) is 4.66. The highest BCUT2D eigenvalue weighted by Crippen LogP contribution is 2.41. The zero-order valence-corrected chi connectivity index (χ0v) is 15.0. The Balaban J connectivity index is 2.05. The minimum Gasteiger partial charge on any atom is -0.476 e. The standard InChI is InChI=1S/C16H14F3NO7S/c1-7-2-3-9(14(22)16(17,18)19)11(4-7)28(25,26)27-10-5-8-6-12(21)20(8)13(10)15(23)24/h2-4,8,14,22H,5-6H2,1H3,(H,23,24). The summed E-state index contributed by atoms with van der Waals surface area (Å²) in [6, 6.07) is 2.31. The van der Waals surface area contributed by atoms with E-state index in [9.17, 15) is 41.4 Å². The maximum absolute atomic E-state index is 12.9. The average molecular weight is 421 g/mol. The van der Waals surface area contributed by atoms with Crippen molar-refractivity contribution in [2.75, 3.05) is 0 Å². The first-order valence-corrected chi connectivity index (χ1v) is 9.32. The van der Waals surface area contributed by atoms with Crippen molar-refractivity contribution in [1.82, 2.24) is 4.90 Å². The first-order chi connectivity index (χ1) is 12.8. The molecule has 1 amide bonds. The molecule has 0 saturated carbocycles. The first kappa shape index (κ1) is 20.1. The van der Waals surface area contributed by atoms with Crippen molar-refractivity contribution in [3.05, 3.63) is 40.8 Å². The summed E-state index contributed by atoms with van der Waals surface area (Å²) in [7, 11) is -4.92. The molecular weight excluding hydrogens is 407 g/mol. The molecule has 1 aromatic carbocycles. The molecule has 2 aliphatic heterocycles. The zero-order valence-electron chi connectivity index (χ0n) is 14.2. The highest BCUT2D eigenvalue weighted by Gasteiger charge is 2.50. The van der Waals surface area contributed by atoms with Crippen molar-refractivity contribution in [2.45, 2.75) is 43.0 Å². The van der Waals surface area contributed by atoms with E-state index in [1.165, 1.54) is 13.0 Å². The largest absolute Gasteiger partial charge is 0.476 e. The van der Waals surface area contributed by atoms with Gasteiger partial charge >= 0.3 is 22.3 Å². The van der Waals surface area contributed by atoms with Crippen molar-refractivity contribution in [2.24, 2.45) is 0 Å². The minimum atomic E-state index is -5.13. The number of carbonyl (C=O) groups excluding carboxylic acids is 1. The highest BCUT2D eigenvalue weighted by atomic mass is 32.2. The topological polar surface area (TPSA) is 121 Å². The summed E-state index contributed by atoms with van der Waals surface area (Å²) in [6.07, 6.45) is -8.41. The number of hydrogen-bond acceptors (Lipinski definition) is 6. The number of β-lactam (4-membered cyclic amide) rings is 1. The van der Waals surface area contributed by atoms with E-state index in [0.29, 0.717) is 0 Å². The van der Waals surface area contributed by atoms with Crippen LogP contribution in [-0.2, 0) is 23.9 Å². The molecule has 2 aliphatic rings. The minimum absolute atomic E-state index is 0.00612. The van der Waals surface area contributed by atoms with Gasteiger partial charge in [0, 0.05) is 18.4 Å². The van der Waals surface area contributed by atoms with Gasteiger partial charge in [0.05, 0.1) is 6.04 Å². The molecule has 0 spiro atoms. The van der Waals surface area contributed by atoms with Crippen LogP contribution < -0.4 is 0 Å². The SMILES string of the molecule is Cc1ccc(C(O)C(F)(F)F)c(S(=O)(=O)OC2=C(C(=O)O)N3C(=O)CC3C2)c1. The summed E-state index contributed by atoms with van der Waals surface area (Å²) >= 11 is 0. The van der Waals surface area contributed by atoms with Crippen LogP contribution in [0, 0.1) is 6.92 Å². The number of carboxylic acids is 1. The monoisotopic (exact) mass is 421 g/mol. The molecule has 1 fully saturated rings. The Morgan fingerprint density at radius 1 is 1.32 bits per heavy atom. The van der Waals surface area contributed by atoms with E-state index < -0.39 is 62.2 Å². The third-order valence-electron chi connectivity index (χ3n) is 4.43. The number of amides is 1. The molecule has 28 heavy (non-hydrogen) atoms. The zero-order chi connectivity index (χ0) is 21.0. The Morgan fingerprint density at radius 3 is 2.50 bits per heavy atom. The van der Waals surface area contributed by atoms with Crippen LogP contribution in [0.25, 0.3) is 0 Å². The number of benzene rings is 1. The fourth-order valence-electron chi connectivity index (χ4n) is 3.13. The summed E-state index contributed by atoms with van der Waals surface area (Å²) in [5.74, 6) is -2.67. The number of fused-ring (bicyclic) bond motifs is 1. The number of alkyl halides is 3. The number of aryl methyl sites for hydroxylation is 1. The number of carboxylic acid groups (broad SMARTS) is 1.